The minimum Gasteiger partial charge on any atom is -0.370 e. The summed E-state index contributed by atoms with van der Waals surface area (Å²) in [5.74, 6) is 0.425. The molecule has 1 heterocycles. The van der Waals surface area contributed by atoms with E-state index in [4.69, 9.17) is 5.73 Å². The summed E-state index contributed by atoms with van der Waals surface area (Å²) < 4.78 is 1.80. The van der Waals surface area contributed by atoms with Gasteiger partial charge in [-0.25, -0.2) is 0 Å². The van der Waals surface area contributed by atoms with Crippen LogP contribution in [-0.4, -0.2) is 41.3 Å². The molecule has 0 radical (unpaired) electrons. The number of guanidine groups is 1. The summed E-state index contributed by atoms with van der Waals surface area (Å²) in [5, 5.41) is 7.38. The number of aliphatic imine (C=N–C) groups is 1. The normalized spacial score (nSPS) is 13.3. The maximum absolute atomic E-state index is 6.03. The van der Waals surface area contributed by atoms with Crippen LogP contribution in [0.5, 0.6) is 0 Å². The molecule has 1 aromatic heterocycles. The first-order chi connectivity index (χ1) is 11.0. The molecule has 3 N–H and O–H groups in total. The standard InChI is InChI=1S/C17H26N6/c1-5-13-7-6-8-15(9-13)21-17(18)19-11-16(22(2)3)14-10-20-23(4)12-14/h6-10,12,16H,5,11H2,1-4H3,(H3,18,19,21). The average molecular weight is 314 g/mol. The molecular formula is C17H26N6. The Morgan fingerprint density at radius 1 is 1.43 bits per heavy atom. The van der Waals surface area contributed by atoms with Crippen molar-refractivity contribution in [2.75, 3.05) is 26.0 Å². The van der Waals surface area contributed by atoms with Gasteiger partial charge in [-0.1, -0.05) is 19.1 Å². The van der Waals surface area contributed by atoms with Gasteiger partial charge in [-0.05, 0) is 38.2 Å². The first-order valence-corrected chi connectivity index (χ1v) is 7.80. The van der Waals surface area contributed by atoms with E-state index in [1.54, 1.807) is 4.68 Å². The molecule has 124 valence electrons. The molecule has 2 aromatic rings. The molecule has 23 heavy (non-hydrogen) atoms. The molecular weight excluding hydrogens is 288 g/mol. The van der Waals surface area contributed by atoms with Gasteiger partial charge in [-0.2, -0.15) is 5.10 Å². The van der Waals surface area contributed by atoms with Gasteiger partial charge >= 0.3 is 0 Å². The maximum atomic E-state index is 6.03. The Bertz CT molecular complexity index is 659. The Morgan fingerprint density at radius 3 is 2.83 bits per heavy atom. The summed E-state index contributed by atoms with van der Waals surface area (Å²) in [6, 6.07) is 8.35. The molecule has 6 heteroatoms. The van der Waals surface area contributed by atoms with Crippen LogP contribution in [0, 0.1) is 0 Å². The number of aryl methyl sites for hydroxylation is 2. The minimum atomic E-state index is 0.144. The SMILES string of the molecule is CCc1cccc(NC(N)=NCC(c2cnn(C)c2)N(C)C)c1. The van der Waals surface area contributed by atoms with Crippen LogP contribution in [0.4, 0.5) is 5.69 Å². The zero-order valence-electron chi connectivity index (χ0n) is 14.3. The minimum absolute atomic E-state index is 0.144. The number of aromatic nitrogens is 2. The van der Waals surface area contributed by atoms with E-state index in [9.17, 15) is 0 Å². The Balaban J connectivity index is 2.04. The van der Waals surface area contributed by atoms with E-state index in [1.165, 1.54) is 5.56 Å². The second-order valence-electron chi connectivity index (χ2n) is 5.83. The summed E-state index contributed by atoms with van der Waals surface area (Å²) in [4.78, 5) is 6.60. The van der Waals surface area contributed by atoms with E-state index in [2.05, 4.69) is 39.4 Å². The highest BCUT2D eigenvalue weighted by Crippen LogP contribution is 2.17. The van der Waals surface area contributed by atoms with Crippen LogP contribution in [0.25, 0.3) is 0 Å². The number of nitrogens with two attached hydrogens (primary N) is 1. The molecule has 0 saturated carbocycles. The van der Waals surface area contributed by atoms with Gasteiger partial charge in [0.1, 0.15) is 0 Å². The lowest BCUT2D eigenvalue weighted by atomic mass is 10.1. The summed E-state index contributed by atoms with van der Waals surface area (Å²) in [6.07, 6.45) is 4.87. The number of nitrogens with zero attached hydrogens (tertiary/aromatic N) is 4. The van der Waals surface area contributed by atoms with Crippen LogP contribution in [0.2, 0.25) is 0 Å². The highest BCUT2D eigenvalue weighted by Gasteiger charge is 2.15. The van der Waals surface area contributed by atoms with Gasteiger partial charge in [0, 0.05) is 24.5 Å². The third-order valence-electron chi connectivity index (χ3n) is 3.78. The van der Waals surface area contributed by atoms with E-state index in [1.807, 2.05) is 45.7 Å². The number of likely N-dealkylation sites (N-methyl/N-ethyl adjacent to an activating group) is 1. The summed E-state index contributed by atoms with van der Waals surface area (Å²) in [6.45, 7) is 2.71. The molecule has 1 aromatic carbocycles. The van der Waals surface area contributed by atoms with E-state index in [0.717, 1.165) is 17.7 Å². The van der Waals surface area contributed by atoms with Gasteiger partial charge in [0.25, 0.3) is 0 Å². The van der Waals surface area contributed by atoms with Crippen molar-refractivity contribution >= 4 is 11.6 Å². The molecule has 2 rings (SSSR count). The molecule has 0 fully saturated rings. The van der Waals surface area contributed by atoms with Gasteiger partial charge in [-0.15, -0.1) is 0 Å². The number of hydrogen-bond donors (Lipinski definition) is 2. The predicted octanol–water partition coefficient (Wildman–Crippen LogP) is 2.01. The van der Waals surface area contributed by atoms with E-state index < -0.39 is 0 Å². The largest absolute Gasteiger partial charge is 0.370 e. The number of anilines is 1. The Kier molecular flexibility index (Phi) is 5.76. The Labute approximate surface area is 138 Å². The third-order valence-corrected chi connectivity index (χ3v) is 3.78. The van der Waals surface area contributed by atoms with Crippen molar-refractivity contribution in [1.82, 2.24) is 14.7 Å². The second-order valence-corrected chi connectivity index (χ2v) is 5.83. The lowest BCUT2D eigenvalue weighted by Crippen LogP contribution is -2.27. The van der Waals surface area contributed by atoms with Gasteiger partial charge < -0.3 is 16.0 Å². The lowest BCUT2D eigenvalue weighted by molar-refractivity contribution is 0.306. The van der Waals surface area contributed by atoms with Crippen LogP contribution in [0.1, 0.15) is 24.1 Å². The van der Waals surface area contributed by atoms with Crippen LogP contribution in [0.3, 0.4) is 0 Å². The van der Waals surface area contributed by atoms with Crippen LogP contribution >= 0.6 is 0 Å². The van der Waals surface area contributed by atoms with Gasteiger partial charge in [0.15, 0.2) is 5.96 Å². The average Bonchev–Trinajstić information content (AvgIpc) is 2.93. The van der Waals surface area contributed by atoms with Crippen molar-refractivity contribution in [3.05, 3.63) is 47.8 Å². The third kappa shape index (κ3) is 4.82. The Hall–Kier alpha value is -2.34. The number of benzene rings is 1. The molecule has 0 saturated heterocycles. The van der Waals surface area contributed by atoms with Crippen LogP contribution in [0.15, 0.2) is 41.7 Å². The monoisotopic (exact) mass is 314 g/mol. The smallest absolute Gasteiger partial charge is 0.193 e. The molecule has 1 atom stereocenters. The maximum Gasteiger partial charge on any atom is 0.193 e. The van der Waals surface area contributed by atoms with Crippen LogP contribution < -0.4 is 11.1 Å². The first kappa shape index (κ1) is 17.0. The molecule has 0 amide bonds. The van der Waals surface area contributed by atoms with Gasteiger partial charge in [0.2, 0.25) is 0 Å². The molecule has 0 aliphatic carbocycles. The fourth-order valence-corrected chi connectivity index (χ4v) is 2.42. The fraction of sp³-hybridized carbons (Fsp3) is 0.412. The predicted molar refractivity (Wildman–Crippen MR) is 95.6 cm³/mol. The number of hydrogen-bond acceptors (Lipinski definition) is 3. The van der Waals surface area contributed by atoms with Crippen molar-refractivity contribution in [2.24, 2.45) is 17.8 Å². The summed E-state index contributed by atoms with van der Waals surface area (Å²) in [7, 11) is 5.97. The number of nitrogens with one attached hydrogen (secondary N) is 1. The van der Waals surface area contributed by atoms with E-state index in [0.29, 0.717) is 12.5 Å². The van der Waals surface area contributed by atoms with Crippen molar-refractivity contribution < 1.29 is 0 Å². The topological polar surface area (TPSA) is 71.5 Å². The first-order valence-electron chi connectivity index (χ1n) is 7.80. The molecule has 0 aliphatic heterocycles. The summed E-state index contributed by atoms with van der Waals surface area (Å²) in [5.41, 5.74) is 9.39. The molecule has 0 aliphatic rings. The Morgan fingerprint density at radius 2 is 2.22 bits per heavy atom. The van der Waals surface area contributed by atoms with Crippen molar-refractivity contribution in [2.45, 2.75) is 19.4 Å². The van der Waals surface area contributed by atoms with Crippen LogP contribution in [-0.2, 0) is 13.5 Å². The van der Waals surface area contributed by atoms with Gasteiger partial charge in [0.05, 0.1) is 18.8 Å². The van der Waals surface area contributed by atoms with Crippen molar-refractivity contribution in [3.8, 4) is 0 Å². The van der Waals surface area contributed by atoms with E-state index in [-0.39, 0.29) is 6.04 Å². The van der Waals surface area contributed by atoms with E-state index >= 15 is 0 Å². The molecule has 6 nitrogen and oxygen atoms in total. The number of rotatable bonds is 6. The molecule has 0 bridgehead atoms. The van der Waals surface area contributed by atoms with Crippen molar-refractivity contribution in [1.29, 1.82) is 0 Å². The highest BCUT2D eigenvalue weighted by atomic mass is 15.2. The van der Waals surface area contributed by atoms with Crippen molar-refractivity contribution in [3.63, 3.8) is 0 Å². The summed E-state index contributed by atoms with van der Waals surface area (Å²) >= 11 is 0. The quantitative estimate of drug-likeness (QED) is 0.632. The van der Waals surface area contributed by atoms with Gasteiger partial charge in [-0.3, -0.25) is 9.67 Å². The zero-order valence-corrected chi connectivity index (χ0v) is 14.3. The second kappa shape index (κ2) is 7.78. The zero-order chi connectivity index (χ0) is 16.8. The lowest BCUT2D eigenvalue weighted by Gasteiger charge is -2.21. The highest BCUT2D eigenvalue weighted by molar-refractivity contribution is 5.92. The molecule has 1 unspecified atom stereocenters. The fourth-order valence-electron chi connectivity index (χ4n) is 2.42. The molecule has 0 spiro atoms.